The molecule has 1 N–H and O–H groups in total. The summed E-state index contributed by atoms with van der Waals surface area (Å²) in [5.74, 6) is -2.51. The molecule has 1 aromatic carbocycles. The molecule has 5 nitrogen and oxygen atoms in total. The molecular weight excluding hydrogens is 308 g/mol. The molecule has 0 unspecified atom stereocenters. The Hall–Kier alpha value is -2.02. The minimum atomic E-state index is -2.54. The van der Waals surface area contributed by atoms with Crippen LogP contribution in [0, 0.1) is 11.6 Å². The summed E-state index contributed by atoms with van der Waals surface area (Å²) in [5, 5.41) is 2.22. The number of nitrogens with one attached hydrogen (secondary N) is 1. The zero-order valence-corrected chi connectivity index (χ0v) is 13.0. The van der Waals surface area contributed by atoms with Crippen molar-refractivity contribution in [2.24, 2.45) is 0 Å². The van der Waals surface area contributed by atoms with E-state index in [0.717, 1.165) is 18.2 Å². The van der Waals surface area contributed by atoms with Gasteiger partial charge in [0.1, 0.15) is 29.9 Å². The summed E-state index contributed by atoms with van der Waals surface area (Å²) in [6.45, 7) is 4.19. The Morgan fingerprint density at radius 1 is 1.43 bits per heavy atom. The molecule has 1 fully saturated rings. The van der Waals surface area contributed by atoms with E-state index in [4.69, 9.17) is 12.2 Å². The summed E-state index contributed by atoms with van der Waals surface area (Å²) < 4.78 is 53.8. The first-order chi connectivity index (χ1) is 11.4. The number of alkyl carbamates (subject to hydrolysis) is 1. The summed E-state index contributed by atoms with van der Waals surface area (Å²) >= 11 is 0. The van der Waals surface area contributed by atoms with Crippen molar-refractivity contribution in [3.63, 3.8) is 0 Å². The van der Waals surface area contributed by atoms with E-state index in [9.17, 15) is 18.4 Å². The van der Waals surface area contributed by atoms with Gasteiger partial charge in [-0.25, -0.2) is 13.6 Å². The number of hydrogen-bond donors (Lipinski definition) is 1. The molecular formula is C16H19F2NO4. The van der Waals surface area contributed by atoms with Crippen LogP contribution in [-0.4, -0.2) is 30.1 Å². The van der Waals surface area contributed by atoms with Crippen molar-refractivity contribution in [2.45, 2.75) is 44.9 Å². The quantitative estimate of drug-likeness (QED) is 0.906. The van der Waals surface area contributed by atoms with Crippen LogP contribution in [-0.2, 0) is 14.3 Å². The van der Waals surface area contributed by atoms with E-state index in [2.05, 4.69) is 5.32 Å². The Bertz CT molecular complexity index is 691. The monoisotopic (exact) mass is 329 g/mol. The molecule has 0 spiro atoms. The SMILES string of the molecule is [2H]C1([2H])C(=O)CO[C@@H](c2cc(F)ccc2F)[C@@H]1NC(=O)OC(C)(C)C. The largest absolute Gasteiger partial charge is 0.444 e. The number of amides is 1. The lowest BCUT2D eigenvalue weighted by atomic mass is 9.95. The maximum absolute atomic E-state index is 14.1. The first kappa shape index (κ1) is 14.6. The van der Waals surface area contributed by atoms with Crippen LogP contribution < -0.4 is 5.32 Å². The van der Waals surface area contributed by atoms with Gasteiger partial charge in [0.2, 0.25) is 0 Å². The van der Waals surface area contributed by atoms with Gasteiger partial charge in [-0.1, -0.05) is 0 Å². The predicted molar refractivity (Wildman–Crippen MR) is 77.8 cm³/mol. The second kappa shape index (κ2) is 6.62. The lowest BCUT2D eigenvalue weighted by Gasteiger charge is -2.32. The van der Waals surface area contributed by atoms with E-state index >= 15 is 0 Å². The lowest BCUT2D eigenvalue weighted by molar-refractivity contribution is -0.133. The van der Waals surface area contributed by atoms with Crippen LogP contribution in [0.3, 0.4) is 0 Å². The number of rotatable bonds is 2. The minimum Gasteiger partial charge on any atom is -0.444 e. The van der Waals surface area contributed by atoms with Gasteiger partial charge >= 0.3 is 6.09 Å². The molecule has 1 amide bonds. The first-order valence-electron chi connectivity index (χ1n) is 8.01. The predicted octanol–water partition coefficient (Wildman–Crippen LogP) is 2.89. The summed E-state index contributed by atoms with van der Waals surface area (Å²) in [6.07, 6.45) is -4.93. The van der Waals surface area contributed by atoms with Crippen LogP contribution in [0.25, 0.3) is 0 Å². The topological polar surface area (TPSA) is 64.6 Å². The van der Waals surface area contributed by atoms with E-state index in [1.807, 2.05) is 0 Å². The zero-order valence-electron chi connectivity index (χ0n) is 15.0. The van der Waals surface area contributed by atoms with Gasteiger partial charge in [0.05, 0.1) is 6.04 Å². The van der Waals surface area contributed by atoms with E-state index < -0.39 is 54.2 Å². The molecule has 126 valence electrons. The van der Waals surface area contributed by atoms with Crippen molar-refractivity contribution in [3.8, 4) is 0 Å². The third-order valence-corrected chi connectivity index (χ3v) is 2.95. The molecule has 1 aliphatic rings. The molecule has 7 heteroatoms. The molecule has 0 radical (unpaired) electrons. The maximum atomic E-state index is 14.1. The molecule has 2 atom stereocenters. The molecule has 1 aromatic rings. The average Bonchev–Trinajstić information content (AvgIpc) is 2.46. The fourth-order valence-corrected chi connectivity index (χ4v) is 2.10. The smallest absolute Gasteiger partial charge is 0.407 e. The van der Waals surface area contributed by atoms with E-state index in [1.165, 1.54) is 0 Å². The fourth-order valence-electron chi connectivity index (χ4n) is 2.10. The second-order valence-corrected chi connectivity index (χ2v) is 6.09. The van der Waals surface area contributed by atoms with Crippen LogP contribution in [0.1, 0.15) is 41.6 Å². The standard InChI is InChI=1S/C16H19F2NO4/c1-16(2,3)23-15(21)19-13-7-10(20)8-22-14(13)11-6-9(17)4-5-12(11)18/h4-6,13-14H,7-8H2,1-3H3,(H,19,21)/t13-,14+/m1/s1/i7D2. The molecule has 0 bridgehead atoms. The van der Waals surface area contributed by atoms with Gasteiger partial charge in [-0.15, -0.1) is 0 Å². The lowest BCUT2D eigenvalue weighted by Crippen LogP contribution is -2.47. The Kier molecular flexibility index (Phi) is 4.19. The molecule has 1 aliphatic heterocycles. The molecule has 1 saturated heterocycles. The normalized spacial score (nSPS) is 25.3. The maximum Gasteiger partial charge on any atom is 0.407 e. The number of halogens is 2. The van der Waals surface area contributed by atoms with Crippen LogP contribution in [0.2, 0.25) is 0 Å². The number of benzene rings is 1. The van der Waals surface area contributed by atoms with Crippen molar-refractivity contribution >= 4 is 11.9 Å². The third-order valence-electron chi connectivity index (χ3n) is 2.95. The Morgan fingerprint density at radius 2 is 2.13 bits per heavy atom. The van der Waals surface area contributed by atoms with Crippen LogP contribution in [0.4, 0.5) is 13.6 Å². The summed E-state index contributed by atoms with van der Waals surface area (Å²) in [4.78, 5) is 23.9. The highest BCUT2D eigenvalue weighted by molar-refractivity contribution is 5.82. The Labute approximate surface area is 135 Å². The Morgan fingerprint density at radius 3 is 2.78 bits per heavy atom. The number of hydrogen-bond acceptors (Lipinski definition) is 4. The van der Waals surface area contributed by atoms with Gasteiger partial charge in [-0.2, -0.15) is 0 Å². The van der Waals surface area contributed by atoms with Gasteiger partial charge in [0.25, 0.3) is 0 Å². The Balaban J connectivity index is 2.38. The van der Waals surface area contributed by atoms with Crippen molar-refractivity contribution in [1.29, 1.82) is 0 Å². The van der Waals surface area contributed by atoms with Crippen molar-refractivity contribution in [3.05, 3.63) is 35.4 Å². The van der Waals surface area contributed by atoms with Crippen molar-refractivity contribution in [2.75, 3.05) is 6.61 Å². The third kappa shape index (κ3) is 4.72. The number of ketones is 1. The molecule has 1 heterocycles. The molecule has 0 saturated carbocycles. The summed E-state index contributed by atoms with van der Waals surface area (Å²) in [7, 11) is 0. The number of carbonyl (C=O) groups is 2. The minimum absolute atomic E-state index is 0.294. The molecule has 0 aromatic heterocycles. The van der Waals surface area contributed by atoms with Gasteiger partial charge in [0.15, 0.2) is 5.78 Å². The fraction of sp³-hybridized carbons (Fsp3) is 0.500. The van der Waals surface area contributed by atoms with Gasteiger partial charge < -0.3 is 14.8 Å². The summed E-state index contributed by atoms with van der Waals surface area (Å²) in [6, 6.07) is 1.03. The van der Waals surface area contributed by atoms with Crippen molar-refractivity contribution < 1.29 is 30.6 Å². The average molecular weight is 329 g/mol. The van der Waals surface area contributed by atoms with Gasteiger partial charge in [-0.3, -0.25) is 4.79 Å². The van der Waals surface area contributed by atoms with Crippen LogP contribution >= 0.6 is 0 Å². The van der Waals surface area contributed by atoms with Crippen LogP contribution in [0.5, 0.6) is 0 Å². The van der Waals surface area contributed by atoms with Gasteiger partial charge in [0, 0.05) is 14.7 Å². The number of Topliss-reactive ketones (excluding diaryl/α,β-unsaturated/α-hetero) is 1. The van der Waals surface area contributed by atoms with E-state index in [-0.39, 0.29) is 5.56 Å². The van der Waals surface area contributed by atoms with E-state index in [1.54, 1.807) is 20.8 Å². The highest BCUT2D eigenvalue weighted by atomic mass is 19.1. The van der Waals surface area contributed by atoms with Gasteiger partial charge in [-0.05, 0) is 39.0 Å². The molecule has 2 rings (SSSR count). The highest BCUT2D eigenvalue weighted by Crippen LogP contribution is 2.30. The molecule has 0 aliphatic carbocycles. The molecule has 23 heavy (non-hydrogen) atoms. The van der Waals surface area contributed by atoms with Crippen molar-refractivity contribution in [1.82, 2.24) is 5.32 Å². The zero-order chi connectivity index (χ0) is 19.0. The van der Waals surface area contributed by atoms with E-state index in [0.29, 0.717) is 0 Å². The number of ether oxygens (including phenoxy) is 2. The highest BCUT2D eigenvalue weighted by Gasteiger charge is 2.35. The summed E-state index contributed by atoms with van der Waals surface area (Å²) in [5.41, 5.74) is -1.16. The second-order valence-electron chi connectivity index (χ2n) is 6.09. The number of carbonyl (C=O) groups excluding carboxylic acids is 2. The first-order valence-corrected chi connectivity index (χ1v) is 7.01. The van der Waals surface area contributed by atoms with Crippen LogP contribution in [0.15, 0.2) is 18.2 Å².